The van der Waals surface area contributed by atoms with E-state index in [0.29, 0.717) is 22.6 Å². The normalized spacial score (nSPS) is 25.1. The second-order valence-electron chi connectivity index (χ2n) is 5.02. The Hall–Kier alpha value is -1.81. The molecule has 1 fully saturated rings. The minimum atomic E-state index is -0.248. The molecule has 1 amide bonds. The Labute approximate surface area is 122 Å². The topological polar surface area (TPSA) is 50.7 Å². The molecule has 1 aromatic carbocycles. The summed E-state index contributed by atoms with van der Waals surface area (Å²) in [6.45, 7) is -0.0508. The van der Waals surface area contributed by atoms with Crippen LogP contribution < -0.4 is 10.2 Å². The first-order valence-electron chi connectivity index (χ1n) is 6.63. The zero-order chi connectivity index (χ0) is 13.9. The lowest BCUT2D eigenvalue weighted by atomic mass is 9.74. The number of carbonyl (C=O) groups is 1. The zero-order valence-electron chi connectivity index (χ0n) is 10.9. The maximum absolute atomic E-state index is 11.6. The van der Waals surface area contributed by atoms with Crippen LogP contribution in [0.15, 0.2) is 41.5 Å². The molecule has 2 aliphatic carbocycles. The lowest BCUT2D eigenvalue weighted by Crippen LogP contribution is -2.36. The highest BCUT2D eigenvalue weighted by Crippen LogP contribution is 2.39. The predicted molar refractivity (Wildman–Crippen MR) is 77.9 cm³/mol. The first-order chi connectivity index (χ1) is 9.72. The van der Waals surface area contributed by atoms with Crippen LogP contribution in [0.4, 0.5) is 0 Å². The van der Waals surface area contributed by atoms with E-state index < -0.39 is 0 Å². The van der Waals surface area contributed by atoms with E-state index in [0.717, 1.165) is 18.6 Å². The summed E-state index contributed by atoms with van der Waals surface area (Å²) >= 11 is 5.77. The van der Waals surface area contributed by atoms with Gasteiger partial charge in [0.2, 0.25) is 0 Å². The Morgan fingerprint density at radius 1 is 1.40 bits per heavy atom. The highest BCUT2D eigenvalue weighted by molar-refractivity contribution is 6.30. The Morgan fingerprint density at radius 3 is 2.95 bits per heavy atom. The van der Waals surface area contributed by atoms with Gasteiger partial charge in [0.05, 0.1) is 0 Å². The van der Waals surface area contributed by atoms with Crippen LogP contribution in [0.2, 0.25) is 5.02 Å². The van der Waals surface area contributed by atoms with Crippen LogP contribution in [0.5, 0.6) is 5.75 Å². The number of halogens is 1. The summed E-state index contributed by atoms with van der Waals surface area (Å²) in [5.41, 5.74) is 3.63. The summed E-state index contributed by atoms with van der Waals surface area (Å²) in [5.74, 6) is 1.51. The molecule has 0 saturated heterocycles. The SMILES string of the molecule is O=C(COc1ccc(Cl)cc1)N/N=C1/C[C@H]2C=CC[C@H]12. The Morgan fingerprint density at radius 2 is 2.20 bits per heavy atom. The van der Waals surface area contributed by atoms with Gasteiger partial charge >= 0.3 is 0 Å². The number of rotatable bonds is 4. The van der Waals surface area contributed by atoms with E-state index in [4.69, 9.17) is 16.3 Å². The fraction of sp³-hybridized carbons (Fsp3) is 0.333. The molecule has 5 heteroatoms. The van der Waals surface area contributed by atoms with Crippen LogP contribution in [0.25, 0.3) is 0 Å². The van der Waals surface area contributed by atoms with Gasteiger partial charge in [-0.1, -0.05) is 23.8 Å². The van der Waals surface area contributed by atoms with Gasteiger partial charge in [-0.25, -0.2) is 5.43 Å². The van der Waals surface area contributed by atoms with Crippen molar-refractivity contribution in [3.63, 3.8) is 0 Å². The van der Waals surface area contributed by atoms with E-state index >= 15 is 0 Å². The lowest BCUT2D eigenvalue weighted by Gasteiger charge is -2.31. The highest BCUT2D eigenvalue weighted by Gasteiger charge is 2.37. The van der Waals surface area contributed by atoms with Crippen molar-refractivity contribution in [2.75, 3.05) is 6.61 Å². The second-order valence-corrected chi connectivity index (χ2v) is 5.46. The first kappa shape index (κ1) is 13.2. The van der Waals surface area contributed by atoms with Crippen LogP contribution in [0, 0.1) is 11.8 Å². The molecule has 0 aliphatic heterocycles. The average Bonchev–Trinajstić information content (AvgIpc) is 2.80. The number of hydrazone groups is 1. The summed E-state index contributed by atoms with van der Waals surface area (Å²) in [7, 11) is 0. The van der Waals surface area contributed by atoms with Crippen molar-refractivity contribution >= 4 is 23.2 Å². The molecule has 1 saturated carbocycles. The van der Waals surface area contributed by atoms with E-state index in [1.54, 1.807) is 24.3 Å². The number of benzene rings is 1. The molecule has 1 aromatic rings. The molecule has 0 heterocycles. The molecule has 3 rings (SSSR count). The molecule has 2 aliphatic rings. The first-order valence-corrected chi connectivity index (χ1v) is 7.00. The monoisotopic (exact) mass is 290 g/mol. The van der Waals surface area contributed by atoms with Crippen molar-refractivity contribution < 1.29 is 9.53 Å². The third-order valence-electron chi connectivity index (χ3n) is 3.67. The molecule has 0 radical (unpaired) electrons. The number of ether oxygens (including phenoxy) is 1. The number of amides is 1. The van der Waals surface area contributed by atoms with Crippen molar-refractivity contribution in [3.05, 3.63) is 41.4 Å². The van der Waals surface area contributed by atoms with Gasteiger partial charge < -0.3 is 4.74 Å². The standard InChI is InChI=1S/C15H15ClN2O2/c16-11-4-6-12(7-5-11)20-9-15(19)18-17-14-8-10-2-1-3-13(10)14/h1-2,4-7,10,13H,3,8-9H2,(H,18,19)/b17-14-/t10-,13+/m1/s1. The Bertz CT molecular complexity index is 566. The van der Waals surface area contributed by atoms with Crippen LogP contribution in [-0.4, -0.2) is 18.2 Å². The molecular weight excluding hydrogens is 276 g/mol. The largest absolute Gasteiger partial charge is 0.484 e. The Balaban J connectivity index is 1.44. The smallest absolute Gasteiger partial charge is 0.277 e. The van der Waals surface area contributed by atoms with Gasteiger partial charge in [-0.15, -0.1) is 0 Å². The Kier molecular flexibility index (Phi) is 3.74. The van der Waals surface area contributed by atoms with Crippen LogP contribution in [-0.2, 0) is 4.79 Å². The number of fused-ring (bicyclic) bond motifs is 1. The van der Waals surface area contributed by atoms with Gasteiger partial charge in [0.1, 0.15) is 5.75 Å². The van der Waals surface area contributed by atoms with E-state index in [1.807, 2.05) is 0 Å². The zero-order valence-corrected chi connectivity index (χ0v) is 11.6. The quantitative estimate of drug-likeness (QED) is 0.685. The minimum absolute atomic E-state index is 0.0508. The summed E-state index contributed by atoms with van der Waals surface area (Å²) in [6.07, 6.45) is 6.42. The number of carbonyl (C=O) groups excluding carboxylic acids is 1. The molecule has 0 bridgehead atoms. The van der Waals surface area contributed by atoms with Gasteiger partial charge in [-0.2, -0.15) is 5.10 Å². The van der Waals surface area contributed by atoms with Crippen molar-refractivity contribution in [2.24, 2.45) is 16.9 Å². The third-order valence-corrected chi connectivity index (χ3v) is 3.92. The molecule has 0 aromatic heterocycles. The summed E-state index contributed by atoms with van der Waals surface area (Å²) in [5, 5.41) is 4.81. The average molecular weight is 291 g/mol. The second kappa shape index (κ2) is 5.67. The molecule has 2 atom stereocenters. The molecule has 0 unspecified atom stereocenters. The fourth-order valence-electron chi connectivity index (χ4n) is 2.51. The van der Waals surface area contributed by atoms with Gasteiger partial charge in [-0.3, -0.25) is 4.79 Å². The molecule has 0 spiro atoms. The molecule has 4 nitrogen and oxygen atoms in total. The van der Waals surface area contributed by atoms with Crippen LogP contribution in [0.3, 0.4) is 0 Å². The summed E-state index contributed by atoms with van der Waals surface area (Å²) < 4.78 is 5.34. The van der Waals surface area contributed by atoms with Crippen molar-refractivity contribution in [3.8, 4) is 5.75 Å². The van der Waals surface area contributed by atoms with Crippen molar-refractivity contribution in [2.45, 2.75) is 12.8 Å². The van der Waals surface area contributed by atoms with Crippen LogP contribution >= 0.6 is 11.6 Å². The van der Waals surface area contributed by atoms with E-state index in [2.05, 4.69) is 22.7 Å². The molecule has 1 N–H and O–H groups in total. The molecule has 104 valence electrons. The predicted octanol–water partition coefficient (Wildman–Crippen LogP) is 2.79. The van der Waals surface area contributed by atoms with Gasteiger partial charge in [0.15, 0.2) is 6.61 Å². The number of nitrogens with one attached hydrogen (secondary N) is 1. The highest BCUT2D eigenvalue weighted by atomic mass is 35.5. The maximum Gasteiger partial charge on any atom is 0.277 e. The number of hydrogen-bond acceptors (Lipinski definition) is 3. The fourth-order valence-corrected chi connectivity index (χ4v) is 2.64. The van der Waals surface area contributed by atoms with Crippen molar-refractivity contribution in [1.29, 1.82) is 0 Å². The summed E-state index contributed by atoms with van der Waals surface area (Å²) in [4.78, 5) is 11.6. The van der Waals surface area contributed by atoms with Gasteiger partial charge in [-0.05, 0) is 43.0 Å². The number of hydrogen-bond donors (Lipinski definition) is 1. The third kappa shape index (κ3) is 2.85. The van der Waals surface area contributed by atoms with Gasteiger partial charge in [0, 0.05) is 16.7 Å². The molecule has 20 heavy (non-hydrogen) atoms. The minimum Gasteiger partial charge on any atom is -0.484 e. The lowest BCUT2D eigenvalue weighted by molar-refractivity contribution is -0.123. The van der Waals surface area contributed by atoms with E-state index in [1.165, 1.54) is 0 Å². The van der Waals surface area contributed by atoms with E-state index in [9.17, 15) is 4.79 Å². The summed E-state index contributed by atoms with van der Waals surface area (Å²) in [6, 6.07) is 6.89. The van der Waals surface area contributed by atoms with Crippen molar-refractivity contribution in [1.82, 2.24) is 5.43 Å². The maximum atomic E-state index is 11.6. The van der Waals surface area contributed by atoms with Gasteiger partial charge in [0.25, 0.3) is 5.91 Å². The van der Waals surface area contributed by atoms with Crippen LogP contribution in [0.1, 0.15) is 12.8 Å². The van der Waals surface area contributed by atoms with E-state index in [-0.39, 0.29) is 12.5 Å². The number of nitrogens with zero attached hydrogens (tertiary/aromatic N) is 1. The molecular formula is C15H15ClN2O2. The number of allylic oxidation sites excluding steroid dienone is 2.